The van der Waals surface area contributed by atoms with Crippen molar-refractivity contribution in [3.63, 3.8) is 0 Å². The summed E-state index contributed by atoms with van der Waals surface area (Å²) in [5.74, 6) is -1.69. The standard InChI is InChI=1S/C18H17BrN2O4/c1-18(12-8-10-20-13-6-3-2-5-11(12)13)16(24)15(23)17(25-18)21-14(22)7-4-9-19/h2-3,5-6,8,10,23H,4,7,9H2,1H3,(H,21,22). The molecule has 0 saturated heterocycles. The summed E-state index contributed by atoms with van der Waals surface area (Å²) in [6.07, 6.45) is 2.48. The van der Waals surface area contributed by atoms with E-state index in [0.29, 0.717) is 22.8 Å². The Hall–Kier alpha value is -2.41. The number of benzene rings is 1. The van der Waals surface area contributed by atoms with Crippen LogP contribution in [0.1, 0.15) is 25.3 Å². The Morgan fingerprint density at radius 3 is 2.88 bits per heavy atom. The predicted octanol–water partition coefficient (Wildman–Crippen LogP) is 3.07. The fourth-order valence-electron chi connectivity index (χ4n) is 2.82. The number of hydrogen-bond acceptors (Lipinski definition) is 5. The minimum Gasteiger partial charge on any atom is -0.501 e. The van der Waals surface area contributed by atoms with Gasteiger partial charge in [0.05, 0.1) is 5.52 Å². The molecule has 0 radical (unpaired) electrons. The van der Waals surface area contributed by atoms with Crippen molar-refractivity contribution in [3.8, 4) is 0 Å². The zero-order valence-electron chi connectivity index (χ0n) is 13.6. The fraction of sp³-hybridized carbons (Fsp3) is 0.278. The number of carbonyl (C=O) groups is 2. The molecule has 1 unspecified atom stereocenters. The summed E-state index contributed by atoms with van der Waals surface area (Å²) in [5, 5.41) is 14.1. The molecule has 2 heterocycles. The Balaban J connectivity index is 1.93. The van der Waals surface area contributed by atoms with Gasteiger partial charge >= 0.3 is 0 Å². The minimum atomic E-state index is -1.43. The molecule has 1 aliphatic rings. The van der Waals surface area contributed by atoms with Crippen molar-refractivity contribution in [1.29, 1.82) is 0 Å². The average Bonchev–Trinajstić information content (AvgIpc) is 2.84. The number of ether oxygens (including phenoxy) is 1. The Bertz CT molecular complexity index is 875. The highest BCUT2D eigenvalue weighted by Crippen LogP contribution is 2.39. The van der Waals surface area contributed by atoms with Gasteiger partial charge in [0, 0.05) is 28.9 Å². The van der Waals surface area contributed by atoms with Gasteiger partial charge in [-0.3, -0.25) is 19.9 Å². The average molecular weight is 405 g/mol. The second-order valence-electron chi connectivity index (χ2n) is 5.86. The van der Waals surface area contributed by atoms with Crippen molar-refractivity contribution in [2.24, 2.45) is 0 Å². The number of aromatic nitrogens is 1. The van der Waals surface area contributed by atoms with E-state index in [1.165, 1.54) is 0 Å². The topological polar surface area (TPSA) is 88.5 Å². The third-order valence-corrected chi connectivity index (χ3v) is 4.68. The molecule has 1 aliphatic heterocycles. The van der Waals surface area contributed by atoms with Crippen LogP contribution < -0.4 is 5.32 Å². The van der Waals surface area contributed by atoms with E-state index in [1.54, 1.807) is 19.2 Å². The van der Waals surface area contributed by atoms with Crippen molar-refractivity contribution >= 4 is 38.5 Å². The number of Topliss-reactive ketones (excluding diaryl/α,β-unsaturated/α-hetero) is 1. The number of nitrogens with one attached hydrogen (secondary N) is 1. The minimum absolute atomic E-state index is 0.201. The number of amides is 1. The summed E-state index contributed by atoms with van der Waals surface area (Å²) in [6, 6.07) is 9.04. The molecule has 0 saturated carbocycles. The molecule has 1 aromatic heterocycles. The normalized spacial score (nSPS) is 20.0. The molecule has 1 atom stereocenters. The highest BCUT2D eigenvalue weighted by Gasteiger charge is 2.49. The maximum Gasteiger partial charge on any atom is 0.250 e. The Morgan fingerprint density at radius 1 is 1.36 bits per heavy atom. The second kappa shape index (κ2) is 6.84. The third-order valence-electron chi connectivity index (χ3n) is 4.12. The number of rotatable bonds is 5. The van der Waals surface area contributed by atoms with Crippen LogP contribution in [0.3, 0.4) is 0 Å². The molecule has 130 valence electrons. The van der Waals surface area contributed by atoms with Crippen LogP contribution in [0.25, 0.3) is 10.9 Å². The van der Waals surface area contributed by atoms with Crippen molar-refractivity contribution in [2.75, 3.05) is 5.33 Å². The van der Waals surface area contributed by atoms with E-state index in [0.717, 1.165) is 5.39 Å². The van der Waals surface area contributed by atoms with Gasteiger partial charge in [-0.15, -0.1) is 0 Å². The van der Waals surface area contributed by atoms with Crippen LogP contribution in [0.2, 0.25) is 0 Å². The molecular formula is C18H17BrN2O4. The van der Waals surface area contributed by atoms with E-state index in [9.17, 15) is 14.7 Å². The number of pyridine rings is 1. The maximum absolute atomic E-state index is 12.7. The van der Waals surface area contributed by atoms with Crippen LogP contribution in [0.15, 0.2) is 48.2 Å². The van der Waals surface area contributed by atoms with E-state index in [2.05, 4.69) is 26.2 Å². The SMILES string of the molecule is CC1(c2ccnc3ccccc23)OC(NC(=O)CCCBr)=C(O)C1=O. The Kier molecular flexibility index (Phi) is 4.76. The molecule has 2 aromatic rings. The molecule has 2 N–H and O–H groups in total. The number of fused-ring (bicyclic) bond motifs is 1. The molecule has 6 nitrogen and oxygen atoms in total. The summed E-state index contributed by atoms with van der Waals surface area (Å²) in [7, 11) is 0. The lowest BCUT2D eigenvalue weighted by Gasteiger charge is -2.24. The molecule has 25 heavy (non-hydrogen) atoms. The van der Waals surface area contributed by atoms with Crippen molar-refractivity contribution in [3.05, 3.63) is 53.7 Å². The van der Waals surface area contributed by atoms with Gasteiger partial charge in [-0.05, 0) is 25.5 Å². The van der Waals surface area contributed by atoms with Crippen LogP contribution >= 0.6 is 15.9 Å². The molecule has 7 heteroatoms. The van der Waals surface area contributed by atoms with Gasteiger partial charge in [0.15, 0.2) is 5.60 Å². The zero-order chi connectivity index (χ0) is 18.0. The van der Waals surface area contributed by atoms with Crippen molar-refractivity contribution in [2.45, 2.75) is 25.4 Å². The number of nitrogens with zero attached hydrogens (tertiary/aromatic N) is 1. The van der Waals surface area contributed by atoms with E-state index in [4.69, 9.17) is 4.74 Å². The predicted molar refractivity (Wildman–Crippen MR) is 96.0 cm³/mol. The van der Waals surface area contributed by atoms with Gasteiger partial charge in [0.2, 0.25) is 17.5 Å². The molecular weight excluding hydrogens is 388 g/mol. The quantitative estimate of drug-likeness (QED) is 0.747. The summed E-state index contributed by atoms with van der Waals surface area (Å²) < 4.78 is 5.73. The number of carbonyl (C=O) groups excluding carboxylic acids is 2. The Labute approximate surface area is 153 Å². The van der Waals surface area contributed by atoms with Gasteiger partial charge in [0.1, 0.15) is 0 Å². The monoisotopic (exact) mass is 404 g/mol. The van der Waals surface area contributed by atoms with Gasteiger partial charge in [-0.25, -0.2) is 0 Å². The molecule has 0 spiro atoms. The first-order valence-corrected chi connectivity index (χ1v) is 8.96. The largest absolute Gasteiger partial charge is 0.501 e. The first kappa shape index (κ1) is 17.4. The van der Waals surface area contributed by atoms with Gasteiger partial charge in [-0.2, -0.15) is 0 Å². The van der Waals surface area contributed by atoms with E-state index >= 15 is 0 Å². The number of aliphatic hydroxyl groups is 1. The third kappa shape index (κ3) is 3.11. The maximum atomic E-state index is 12.7. The number of aliphatic hydroxyl groups excluding tert-OH is 1. The van der Waals surface area contributed by atoms with Crippen molar-refractivity contribution < 1.29 is 19.4 Å². The zero-order valence-corrected chi connectivity index (χ0v) is 15.2. The van der Waals surface area contributed by atoms with Crippen LogP contribution in [0.4, 0.5) is 0 Å². The lowest BCUT2D eigenvalue weighted by Crippen LogP contribution is -2.32. The van der Waals surface area contributed by atoms with Crippen LogP contribution in [0, 0.1) is 0 Å². The number of ketones is 1. The number of para-hydroxylation sites is 1. The molecule has 0 aliphatic carbocycles. The number of hydrogen-bond donors (Lipinski definition) is 2. The summed E-state index contributed by atoms with van der Waals surface area (Å²) in [6.45, 7) is 1.57. The number of halogens is 1. The molecule has 1 aromatic carbocycles. The van der Waals surface area contributed by atoms with E-state index in [-0.39, 0.29) is 18.2 Å². The van der Waals surface area contributed by atoms with Gasteiger partial charge in [0.25, 0.3) is 5.78 Å². The lowest BCUT2D eigenvalue weighted by atomic mass is 9.89. The number of alkyl halides is 1. The second-order valence-corrected chi connectivity index (χ2v) is 6.65. The molecule has 0 bridgehead atoms. The van der Waals surface area contributed by atoms with Crippen LogP contribution in [0.5, 0.6) is 0 Å². The first-order valence-electron chi connectivity index (χ1n) is 7.84. The van der Waals surface area contributed by atoms with Crippen molar-refractivity contribution in [1.82, 2.24) is 10.3 Å². The van der Waals surface area contributed by atoms with Crippen LogP contribution in [-0.4, -0.2) is 27.1 Å². The van der Waals surface area contributed by atoms with E-state index in [1.807, 2.05) is 24.3 Å². The first-order chi connectivity index (χ1) is 12.0. The Morgan fingerprint density at radius 2 is 2.12 bits per heavy atom. The highest BCUT2D eigenvalue weighted by atomic mass is 79.9. The molecule has 0 fully saturated rings. The highest BCUT2D eigenvalue weighted by molar-refractivity contribution is 9.09. The van der Waals surface area contributed by atoms with Gasteiger partial charge in [-0.1, -0.05) is 34.1 Å². The van der Waals surface area contributed by atoms with E-state index < -0.39 is 17.1 Å². The fourth-order valence-corrected chi connectivity index (χ4v) is 3.10. The van der Waals surface area contributed by atoms with Crippen LogP contribution in [-0.2, 0) is 19.9 Å². The smallest absolute Gasteiger partial charge is 0.250 e. The molecule has 1 amide bonds. The summed E-state index contributed by atoms with van der Waals surface area (Å²) in [4.78, 5) is 28.8. The summed E-state index contributed by atoms with van der Waals surface area (Å²) in [5.41, 5.74) is -0.128. The lowest BCUT2D eigenvalue weighted by molar-refractivity contribution is -0.132. The summed E-state index contributed by atoms with van der Waals surface area (Å²) >= 11 is 3.25. The molecule has 3 rings (SSSR count). The van der Waals surface area contributed by atoms with Gasteiger partial charge < -0.3 is 9.84 Å².